The van der Waals surface area contributed by atoms with Gasteiger partial charge in [0.2, 0.25) is 0 Å². The molecular weight excluding hydrogens is 478 g/mol. The maximum absolute atomic E-state index is 12.4. The number of carbonyl (C=O) groups excluding carboxylic acids is 3. The van der Waals surface area contributed by atoms with Gasteiger partial charge in [0.15, 0.2) is 11.5 Å². The maximum atomic E-state index is 12.4. The van der Waals surface area contributed by atoms with Crippen LogP contribution in [0.1, 0.15) is 85.6 Å². The Morgan fingerprint density at radius 1 is 0.838 bits per heavy atom. The van der Waals surface area contributed by atoms with Gasteiger partial charge in [0.25, 0.3) is 0 Å². The number of carbonyl (C=O) groups is 4. The molecule has 0 radical (unpaired) electrons. The van der Waals surface area contributed by atoms with Gasteiger partial charge in [0.1, 0.15) is 12.1 Å². The quantitative estimate of drug-likeness (QED) is 0.222. The first-order valence-electron chi connectivity index (χ1n) is 13.1. The molecule has 0 saturated heterocycles. The van der Waals surface area contributed by atoms with Gasteiger partial charge in [-0.3, -0.25) is 19.2 Å². The molecule has 0 aliphatic rings. The van der Waals surface area contributed by atoms with Crippen LogP contribution < -0.4 is 14.8 Å². The van der Waals surface area contributed by atoms with E-state index in [9.17, 15) is 24.3 Å². The lowest BCUT2D eigenvalue weighted by molar-refractivity contribution is -0.148. The number of nitrogens with one attached hydrogen (secondary N) is 1. The number of aliphatic carboxylic acids is 1. The maximum Gasteiger partial charge on any atom is 0.321 e. The molecule has 1 aromatic rings. The second-order valence-corrected chi connectivity index (χ2v) is 10.1. The van der Waals surface area contributed by atoms with Crippen molar-refractivity contribution in [2.75, 3.05) is 6.54 Å². The monoisotopic (exact) mass is 521 g/mol. The predicted molar refractivity (Wildman–Crippen MR) is 139 cm³/mol. The van der Waals surface area contributed by atoms with Crippen molar-refractivity contribution in [3.05, 3.63) is 23.8 Å². The molecule has 1 aromatic carbocycles. The molecule has 37 heavy (non-hydrogen) atoms. The van der Waals surface area contributed by atoms with E-state index in [2.05, 4.69) is 5.32 Å². The van der Waals surface area contributed by atoms with Crippen LogP contribution in [-0.2, 0) is 30.3 Å². The molecule has 1 unspecified atom stereocenters. The highest BCUT2D eigenvalue weighted by Crippen LogP contribution is 2.30. The number of carboxylic acid groups (broad SMARTS) is 1. The van der Waals surface area contributed by atoms with Gasteiger partial charge in [-0.2, -0.15) is 0 Å². The van der Waals surface area contributed by atoms with Crippen molar-refractivity contribution in [1.82, 2.24) is 5.32 Å². The average Bonchev–Trinajstić information content (AvgIpc) is 2.80. The highest BCUT2D eigenvalue weighted by molar-refractivity contribution is 5.77. The van der Waals surface area contributed by atoms with Crippen molar-refractivity contribution in [2.24, 2.45) is 11.8 Å². The van der Waals surface area contributed by atoms with E-state index in [-0.39, 0.29) is 43.3 Å². The lowest BCUT2D eigenvalue weighted by Gasteiger charge is -2.19. The highest BCUT2D eigenvalue weighted by atomic mass is 16.6. The first kappa shape index (κ1) is 32.1. The topological polar surface area (TPSA) is 128 Å². The summed E-state index contributed by atoms with van der Waals surface area (Å²) in [6.45, 7) is 11.7. The van der Waals surface area contributed by atoms with Gasteiger partial charge in [-0.05, 0) is 62.1 Å². The predicted octanol–water partition coefficient (Wildman–Crippen LogP) is 4.69. The Balaban J connectivity index is 2.99. The third-order valence-electron chi connectivity index (χ3n) is 5.48. The van der Waals surface area contributed by atoms with E-state index < -0.39 is 30.1 Å². The van der Waals surface area contributed by atoms with E-state index in [1.54, 1.807) is 13.0 Å². The third-order valence-corrected chi connectivity index (χ3v) is 5.48. The van der Waals surface area contributed by atoms with Crippen LogP contribution in [0.3, 0.4) is 0 Å². The fourth-order valence-corrected chi connectivity index (χ4v) is 3.32. The van der Waals surface area contributed by atoms with Crippen LogP contribution in [0.4, 0.5) is 0 Å². The summed E-state index contributed by atoms with van der Waals surface area (Å²) in [4.78, 5) is 48.3. The molecule has 0 fully saturated rings. The van der Waals surface area contributed by atoms with Crippen molar-refractivity contribution in [3.63, 3.8) is 0 Å². The smallest absolute Gasteiger partial charge is 0.321 e. The lowest BCUT2D eigenvalue weighted by atomic mass is 10.0. The summed E-state index contributed by atoms with van der Waals surface area (Å²) in [5, 5.41) is 12.6. The molecule has 0 aliphatic carbocycles. The Morgan fingerprint density at radius 3 is 1.92 bits per heavy atom. The molecule has 0 heterocycles. The van der Waals surface area contributed by atoms with Gasteiger partial charge in [0.05, 0.1) is 0 Å². The lowest BCUT2D eigenvalue weighted by Crippen LogP contribution is -2.42. The van der Waals surface area contributed by atoms with Crippen LogP contribution in [0.5, 0.6) is 11.5 Å². The molecule has 9 heteroatoms. The van der Waals surface area contributed by atoms with Gasteiger partial charge in [-0.15, -0.1) is 0 Å². The molecular formula is C28H43NO8. The van der Waals surface area contributed by atoms with Crippen molar-refractivity contribution >= 4 is 23.9 Å². The number of benzene rings is 1. The summed E-state index contributed by atoms with van der Waals surface area (Å²) >= 11 is 0. The van der Waals surface area contributed by atoms with Crippen LogP contribution in [0.2, 0.25) is 0 Å². The van der Waals surface area contributed by atoms with Crippen LogP contribution >= 0.6 is 0 Å². The zero-order valence-corrected chi connectivity index (χ0v) is 23.0. The Labute approximate surface area is 220 Å². The fourth-order valence-electron chi connectivity index (χ4n) is 3.32. The van der Waals surface area contributed by atoms with Gasteiger partial charge in [-0.1, -0.05) is 40.7 Å². The zero-order valence-electron chi connectivity index (χ0n) is 23.0. The summed E-state index contributed by atoms with van der Waals surface area (Å²) in [6, 6.07) is 3.71. The van der Waals surface area contributed by atoms with Crippen molar-refractivity contribution in [1.29, 1.82) is 0 Å². The Morgan fingerprint density at radius 2 is 1.41 bits per heavy atom. The standard InChI is InChI=1S/C28H43NO8/c1-7-8-25(30)35-20(6)17-29-22(28(33)34)15-21-11-12-23(36-26(31)13-9-18(2)3)24(16-21)37-27(32)14-10-19(4)5/h11-12,16,18-20,22,29H,7-10,13-15,17H2,1-6H3,(H,33,34)/t20?,22-/m0/s1. The second kappa shape index (κ2) is 16.7. The number of carboxylic acids is 1. The van der Waals surface area contributed by atoms with Crippen molar-refractivity contribution < 1.29 is 38.5 Å². The Kier molecular flexibility index (Phi) is 14.5. The van der Waals surface area contributed by atoms with Crippen molar-refractivity contribution in [3.8, 4) is 11.5 Å². The third kappa shape index (κ3) is 13.8. The summed E-state index contributed by atoms with van der Waals surface area (Å²) in [5.41, 5.74) is 0.573. The molecule has 0 bridgehead atoms. The summed E-state index contributed by atoms with van der Waals surface area (Å²) < 4.78 is 16.3. The van der Waals surface area contributed by atoms with Gasteiger partial charge in [0, 0.05) is 25.8 Å². The zero-order chi connectivity index (χ0) is 28.0. The number of ether oxygens (including phenoxy) is 3. The first-order chi connectivity index (χ1) is 17.4. The van der Waals surface area contributed by atoms with E-state index in [0.717, 1.165) is 0 Å². The molecule has 0 aliphatic heterocycles. The molecule has 2 atom stereocenters. The number of esters is 3. The van der Waals surface area contributed by atoms with Crippen LogP contribution in [0, 0.1) is 11.8 Å². The van der Waals surface area contributed by atoms with Crippen LogP contribution in [0.25, 0.3) is 0 Å². The summed E-state index contributed by atoms with van der Waals surface area (Å²) in [5.74, 6) is -1.45. The minimum Gasteiger partial charge on any atom is -0.480 e. The van der Waals surface area contributed by atoms with E-state index in [1.165, 1.54) is 12.1 Å². The van der Waals surface area contributed by atoms with Gasteiger partial charge >= 0.3 is 23.9 Å². The fraction of sp³-hybridized carbons (Fsp3) is 0.643. The molecule has 0 aromatic heterocycles. The van der Waals surface area contributed by atoms with E-state index in [0.29, 0.717) is 43.1 Å². The minimum atomic E-state index is -1.08. The SMILES string of the molecule is CCCC(=O)OC(C)CN[C@@H](Cc1ccc(OC(=O)CCC(C)C)c(OC(=O)CCC(C)C)c1)C(=O)O. The van der Waals surface area contributed by atoms with Crippen LogP contribution in [-0.4, -0.2) is 47.7 Å². The molecule has 0 amide bonds. The van der Waals surface area contributed by atoms with Crippen molar-refractivity contribution in [2.45, 2.75) is 98.6 Å². The molecule has 208 valence electrons. The molecule has 9 nitrogen and oxygen atoms in total. The highest BCUT2D eigenvalue weighted by Gasteiger charge is 2.22. The summed E-state index contributed by atoms with van der Waals surface area (Å²) in [7, 11) is 0. The second-order valence-electron chi connectivity index (χ2n) is 10.1. The van der Waals surface area contributed by atoms with E-state index in [1.807, 2.05) is 34.6 Å². The van der Waals surface area contributed by atoms with Gasteiger partial charge in [-0.25, -0.2) is 0 Å². The molecule has 0 saturated carbocycles. The minimum absolute atomic E-state index is 0.0725. The van der Waals surface area contributed by atoms with Gasteiger partial charge < -0.3 is 24.6 Å². The molecule has 1 rings (SSSR count). The molecule has 0 spiro atoms. The first-order valence-corrected chi connectivity index (χ1v) is 13.1. The normalized spacial score (nSPS) is 12.8. The number of hydrogen-bond donors (Lipinski definition) is 2. The van der Waals surface area contributed by atoms with E-state index in [4.69, 9.17) is 14.2 Å². The Hall–Kier alpha value is -2.94. The van der Waals surface area contributed by atoms with E-state index >= 15 is 0 Å². The number of hydrogen-bond acceptors (Lipinski definition) is 8. The summed E-state index contributed by atoms with van der Waals surface area (Å²) in [6.07, 6.45) is 2.30. The number of rotatable bonds is 17. The Bertz CT molecular complexity index is 896. The van der Waals surface area contributed by atoms with Crippen LogP contribution in [0.15, 0.2) is 18.2 Å². The largest absolute Gasteiger partial charge is 0.480 e. The molecule has 2 N–H and O–H groups in total. The average molecular weight is 522 g/mol.